The van der Waals surface area contributed by atoms with E-state index in [-0.39, 0.29) is 23.3 Å². The molecule has 0 aromatic heterocycles. The van der Waals surface area contributed by atoms with Crippen molar-refractivity contribution in [3.63, 3.8) is 0 Å². The van der Waals surface area contributed by atoms with Crippen LogP contribution in [0.4, 0.5) is 5.69 Å². The number of rotatable bonds is 11. The van der Waals surface area contributed by atoms with Crippen molar-refractivity contribution >= 4 is 21.6 Å². The van der Waals surface area contributed by atoms with Crippen molar-refractivity contribution in [1.82, 2.24) is 5.32 Å². The summed E-state index contributed by atoms with van der Waals surface area (Å²) in [6.45, 7) is 6.49. The Labute approximate surface area is 203 Å². The molecule has 1 unspecified atom stereocenters. The van der Waals surface area contributed by atoms with Crippen LogP contribution in [0.3, 0.4) is 0 Å². The Morgan fingerprint density at radius 1 is 0.882 bits per heavy atom. The molecule has 1 atom stereocenters. The van der Waals surface area contributed by atoms with E-state index in [0.29, 0.717) is 18.2 Å². The van der Waals surface area contributed by atoms with Crippen LogP contribution in [0.15, 0.2) is 89.8 Å². The molecule has 0 spiro atoms. The van der Waals surface area contributed by atoms with Gasteiger partial charge in [-0.1, -0.05) is 87.9 Å². The number of nitrogens with one attached hydrogen (secondary N) is 1. The number of anilines is 1. The Balaban J connectivity index is 1.77. The number of hydrogen-bond donors (Lipinski definition) is 1. The van der Waals surface area contributed by atoms with Crippen LogP contribution in [0, 0.1) is 5.92 Å². The maximum Gasteiger partial charge on any atom is 0.264 e. The minimum absolute atomic E-state index is 0.159. The van der Waals surface area contributed by atoms with Gasteiger partial charge >= 0.3 is 0 Å². The van der Waals surface area contributed by atoms with E-state index < -0.39 is 10.0 Å². The predicted octanol–water partition coefficient (Wildman–Crippen LogP) is 5.39. The molecule has 0 saturated heterocycles. The highest BCUT2D eigenvalue weighted by atomic mass is 32.2. The van der Waals surface area contributed by atoms with E-state index in [2.05, 4.69) is 38.2 Å². The lowest BCUT2D eigenvalue weighted by atomic mass is 9.97. The van der Waals surface area contributed by atoms with Crippen LogP contribution < -0.4 is 9.62 Å². The van der Waals surface area contributed by atoms with Crippen molar-refractivity contribution in [1.29, 1.82) is 0 Å². The maximum atomic E-state index is 13.5. The summed E-state index contributed by atoms with van der Waals surface area (Å²) < 4.78 is 28.1. The average molecular weight is 479 g/mol. The summed E-state index contributed by atoms with van der Waals surface area (Å²) in [6, 6.07) is 25.8. The van der Waals surface area contributed by atoms with Gasteiger partial charge in [0.2, 0.25) is 5.91 Å². The average Bonchev–Trinajstić information content (AvgIpc) is 2.86. The van der Waals surface area contributed by atoms with Crippen molar-refractivity contribution in [2.45, 2.75) is 44.4 Å². The second kappa shape index (κ2) is 11.8. The van der Waals surface area contributed by atoms with Crippen LogP contribution in [0.25, 0.3) is 0 Å². The summed E-state index contributed by atoms with van der Waals surface area (Å²) in [5, 5.41) is 2.96. The summed E-state index contributed by atoms with van der Waals surface area (Å²) in [7, 11) is -3.90. The lowest BCUT2D eigenvalue weighted by Crippen LogP contribution is -2.42. The zero-order chi connectivity index (χ0) is 24.6. The van der Waals surface area contributed by atoms with E-state index in [1.807, 2.05) is 30.3 Å². The molecule has 1 N–H and O–H groups in total. The number of nitrogens with zero attached hydrogens (tertiary/aromatic N) is 1. The first-order chi connectivity index (χ1) is 16.3. The molecule has 0 aliphatic heterocycles. The first-order valence-electron chi connectivity index (χ1n) is 11.8. The first kappa shape index (κ1) is 25.5. The van der Waals surface area contributed by atoms with Crippen molar-refractivity contribution < 1.29 is 13.2 Å². The minimum Gasteiger partial charge on any atom is -0.354 e. The zero-order valence-corrected chi connectivity index (χ0v) is 21.0. The van der Waals surface area contributed by atoms with E-state index >= 15 is 0 Å². The Kier molecular flexibility index (Phi) is 8.88. The van der Waals surface area contributed by atoms with Gasteiger partial charge in [0.15, 0.2) is 0 Å². The molecule has 0 bridgehead atoms. The van der Waals surface area contributed by atoms with Gasteiger partial charge in [-0.15, -0.1) is 0 Å². The molecule has 0 aliphatic carbocycles. The van der Waals surface area contributed by atoms with Gasteiger partial charge in [0.05, 0.1) is 10.6 Å². The van der Waals surface area contributed by atoms with E-state index in [0.717, 1.165) is 18.4 Å². The largest absolute Gasteiger partial charge is 0.354 e. The summed E-state index contributed by atoms with van der Waals surface area (Å²) in [5.74, 6) is 0.280. The molecule has 0 aliphatic rings. The lowest BCUT2D eigenvalue weighted by Gasteiger charge is -2.25. The van der Waals surface area contributed by atoms with Gasteiger partial charge in [0, 0.05) is 6.54 Å². The molecule has 3 aromatic carbocycles. The fraction of sp³-hybridized carbons (Fsp3) is 0.321. The van der Waals surface area contributed by atoms with Crippen molar-refractivity contribution in [2.24, 2.45) is 5.92 Å². The normalized spacial score (nSPS) is 12.4. The van der Waals surface area contributed by atoms with Crippen molar-refractivity contribution in [3.8, 4) is 0 Å². The number of carbonyl (C=O) groups excluding carboxylic acids is 1. The molecule has 6 heteroatoms. The first-order valence-corrected chi connectivity index (χ1v) is 13.2. The molecule has 0 radical (unpaired) electrons. The number of sulfonamides is 1. The molecule has 34 heavy (non-hydrogen) atoms. The maximum absolute atomic E-state index is 13.5. The van der Waals surface area contributed by atoms with E-state index in [1.165, 1.54) is 9.87 Å². The van der Waals surface area contributed by atoms with Gasteiger partial charge in [0.25, 0.3) is 10.0 Å². The fourth-order valence-corrected chi connectivity index (χ4v) is 5.26. The Bertz CT molecular complexity index is 1150. The number of benzene rings is 3. The second-order valence-corrected chi connectivity index (χ2v) is 10.7. The molecule has 5 nitrogen and oxygen atoms in total. The van der Waals surface area contributed by atoms with E-state index in [1.54, 1.807) is 42.5 Å². The van der Waals surface area contributed by atoms with Crippen molar-refractivity contribution in [3.05, 3.63) is 96.1 Å². The summed E-state index contributed by atoms with van der Waals surface area (Å²) in [5.41, 5.74) is 2.80. The van der Waals surface area contributed by atoms with Crippen LogP contribution in [-0.4, -0.2) is 27.4 Å². The van der Waals surface area contributed by atoms with E-state index in [4.69, 9.17) is 0 Å². The third-order valence-electron chi connectivity index (χ3n) is 6.00. The highest BCUT2D eigenvalue weighted by Crippen LogP contribution is 2.25. The number of hydrogen-bond acceptors (Lipinski definition) is 3. The van der Waals surface area contributed by atoms with Crippen LogP contribution >= 0.6 is 0 Å². The molecule has 3 rings (SSSR count). The Morgan fingerprint density at radius 2 is 1.47 bits per heavy atom. The minimum atomic E-state index is -3.90. The van der Waals surface area contributed by atoms with Gasteiger partial charge in [-0.2, -0.15) is 0 Å². The molecule has 0 fully saturated rings. The topological polar surface area (TPSA) is 66.5 Å². The number of amides is 1. The molecular formula is C28H34N2O3S. The van der Waals surface area contributed by atoms with E-state index in [9.17, 15) is 13.2 Å². The van der Waals surface area contributed by atoms with Crippen LogP contribution in [0.2, 0.25) is 0 Å². The zero-order valence-electron chi connectivity index (χ0n) is 20.1. The smallest absolute Gasteiger partial charge is 0.264 e. The van der Waals surface area contributed by atoms with Crippen LogP contribution in [-0.2, 0) is 21.2 Å². The molecule has 0 saturated carbocycles. The van der Waals surface area contributed by atoms with Gasteiger partial charge in [-0.05, 0) is 53.6 Å². The number of carbonyl (C=O) groups is 1. The standard InChI is InChI=1S/C28H34N2O3S/c1-4-23(19-24-11-7-5-8-12-24)20-29-28(31)21-30(26-17-15-25(16-18-26)22(2)3)34(32,33)27-13-9-6-10-14-27/h5-18,22-23H,4,19-21H2,1-3H3,(H,29,31). The molecule has 3 aromatic rings. The Morgan fingerprint density at radius 3 is 2.03 bits per heavy atom. The predicted molar refractivity (Wildman–Crippen MR) is 138 cm³/mol. The third-order valence-corrected chi connectivity index (χ3v) is 7.79. The van der Waals surface area contributed by atoms with Crippen molar-refractivity contribution in [2.75, 3.05) is 17.4 Å². The third kappa shape index (κ3) is 6.70. The molecule has 180 valence electrons. The van der Waals surface area contributed by atoms with Gasteiger partial charge in [-0.3, -0.25) is 9.10 Å². The summed E-state index contributed by atoms with van der Waals surface area (Å²) in [6.07, 6.45) is 1.78. The molecular weight excluding hydrogens is 444 g/mol. The molecule has 0 heterocycles. The monoisotopic (exact) mass is 478 g/mol. The summed E-state index contributed by atoms with van der Waals surface area (Å²) >= 11 is 0. The Hall–Kier alpha value is -3.12. The highest BCUT2D eigenvalue weighted by Gasteiger charge is 2.27. The SMILES string of the molecule is CCC(CNC(=O)CN(c1ccc(C(C)C)cc1)S(=O)(=O)c1ccccc1)Cc1ccccc1. The fourth-order valence-electron chi connectivity index (χ4n) is 3.81. The summed E-state index contributed by atoms with van der Waals surface area (Å²) in [4.78, 5) is 13.1. The molecule has 1 amide bonds. The van der Waals surface area contributed by atoms with Crippen LogP contribution in [0.1, 0.15) is 44.2 Å². The van der Waals surface area contributed by atoms with Gasteiger partial charge in [0.1, 0.15) is 6.54 Å². The second-order valence-electron chi connectivity index (χ2n) is 8.84. The lowest BCUT2D eigenvalue weighted by molar-refractivity contribution is -0.119. The van der Waals surface area contributed by atoms with Gasteiger partial charge < -0.3 is 5.32 Å². The highest BCUT2D eigenvalue weighted by molar-refractivity contribution is 7.92. The van der Waals surface area contributed by atoms with Crippen LogP contribution in [0.5, 0.6) is 0 Å². The quantitative estimate of drug-likeness (QED) is 0.402. The van der Waals surface area contributed by atoms with Gasteiger partial charge in [-0.25, -0.2) is 8.42 Å².